The number of hydrogen-bond donors (Lipinski definition) is 2. The van der Waals surface area contributed by atoms with Gasteiger partial charge in [-0.15, -0.1) is 0 Å². The standard InChI is InChI=1S/C13H22N2O2/c1-13(2,7-8-14)15-11-9-10(16-3)5-6-12(11)17-4/h5-6,9,15H,7-8,14H2,1-4H3. The first kappa shape index (κ1) is 13.6. The highest BCUT2D eigenvalue weighted by atomic mass is 16.5. The fraction of sp³-hybridized carbons (Fsp3) is 0.538. The predicted octanol–water partition coefficient (Wildman–Crippen LogP) is 2.24. The van der Waals surface area contributed by atoms with Crippen LogP contribution in [0.15, 0.2) is 18.2 Å². The molecule has 4 nitrogen and oxygen atoms in total. The van der Waals surface area contributed by atoms with E-state index in [0.717, 1.165) is 23.6 Å². The molecular formula is C13H22N2O2. The first-order valence-electron chi connectivity index (χ1n) is 5.72. The van der Waals surface area contributed by atoms with Gasteiger partial charge < -0.3 is 20.5 Å². The molecule has 0 heterocycles. The van der Waals surface area contributed by atoms with E-state index in [1.54, 1.807) is 14.2 Å². The number of hydrogen-bond acceptors (Lipinski definition) is 4. The molecule has 0 saturated carbocycles. The van der Waals surface area contributed by atoms with Gasteiger partial charge in [-0.3, -0.25) is 0 Å². The van der Waals surface area contributed by atoms with E-state index in [9.17, 15) is 0 Å². The summed E-state index contributed by atoms with van der Waals surface area (Å²) in [6.07, 6.45) is 0.882. The van der Waals surface area contributed by atoms with Gasteiger partial charge in [-0.05, 0) is 38.9 Å². The Morgan fingerprint density at radius 1 is 1.24 bits per heavy atom. The summed E-state index contributed by atoms with van der Waals surface area (Å²) >= 11 is 0. The maximum Gasteiger partial charge on any atom is 0.142 e. The molecule has 0 spiro atoms. The van der Waals surface area contributed by atoms with Gasteiger partial charge in [-0.1, -0.05) is 0 Å². The highest BCUT2D eigenvalue weighted by Gasteiger charge is 2.18. The molecule has 0 fully saturated rings. The largest absolute Gasteiger partial charge is 0.497 e. The van der Waals surface area contributed by atoms with E-state index in [-0.39, 0.29) is 5.54 Å². The third-order valence-electron chi connectivity index (χ3n) is 2.65. The van der Waals surface area contributed by atoms with Crippen molar-refractivity contribution in [3.05, 3.63) is 18.2 Å². The Labute approximate surface area is 103 Å². The second-order valence-corrected chi connectivity index (χ2v) is 4.61. The first-order valence-corrected chi connectivity index (χ1v) is 5.72. The zero-order valence-electron chi connectivity index (χ0n) is 11.0. The first-order chi connectivity index (χ1) is 8.02. The van der Waals surface area contributed by atoms with E-state index >= 15 is 0 Å². The van der Waals surface area contributed by atoms with Crippen LogP contribution in [0.1, 0.15) is 20.3 Å². The van der Waals surface area contributed by atoms with Crippen molar-refractivity contribution in [1.82, 2.24) is 0 Å². The number of nitrogens with two attached hydrogens (primary N) is 1. The monoisotopic (exact) mass is 238 g/mol. The molecule has 0 atom stereocenters. The summed E-state index contributed by atoms with van der Waals surface area (Å²) in [6, 6.07) is 5.69. The normalized spacial score (nSPS) is 11.1. The van der Waals surface area contributed by atoms with E-state index in [1.807, 2.05) is 18.2 Å². The quantitative estimate of drug-likeness (QED) is 0.798. The number of ether oxygens (including phenoxy) is 2. The zero-order chi connectivity index (χ0) is 12.9. The highest BCUT2D eigenvalue weighted by Crippen LogP contribution is 2.31. The summed E-state index contributed by atoms with van der Waals surface area (Å²) in [5, 5.41) is 3.43. The Morgan fingerprint density at radius 2 is 1.94 bits per heavy atom. The molecule has 3 N–H and O–H groups in total. The summed E-state index contributed by atoms with van der Waals surface area (Å²) in [6.45, 7) is 4.86. The van der Waals surface area contributed by atoms with Gasteiger partial charge in [0.15, 0.2) is 0 Å². The number of methoxy groups -OCH3 is 2. The Kier molecular flexibility index (Phi) is 4.63. The molecule has 0 unspecified atom stereocenters. The van der Waals surface area contributed by atoms with Gasteiger partial charge in [-0.2, -0.15) is 0 Å². The van der Waals surface area contributed by atoms with Crippen LogP contribution in [-0.4, -0.2) is 26.3 Å². The summed E-state index contributed by atoms with van der Waals surface area (Å²) in [5.41, 5.74) is 6.45. The van der Waals surface area contributed by atoms with Crippen molar-refractivity contribution < 1.29 is 9.47 Å². The molecule has 0 radical (unpaired) electrons. The maximum atomic E-state index is 5.60. The third-order valence-corrected chi connectivity index (χ3v) is 2.65. The molecule has 0 saturated heterocycles. The third kappa shape index (κ3) is 3.82. The van der Waals surface area contributed by atoms with Crippen molar-refractivity contribution in [2.24, 2.45) is 5.73 Å². The van der Waals surface area contributed by atoms with E-state index in [2.05, 4.69) is 19.2 Å². The number of nitrogens with one attached hydrogen (secondary N) is 1. The average molecular weight is 238 g/mol. The SMILES string of the molecule is COc1ccc(OC)c(NC(C)(C)CCN)c1. The van der Waals surface area contributed by atoms with Crippen molar-refractivity contribution in [3.63, 3.8) is 0 Å². The molecule has 1 aromatic rings. The summed E-state index contributed by atoms with van der Waals surface area (Å²) in [7, 11) is 3.31. The zero-order valence-corrected chi connectivity index (χ0v) is 11.0. The molecular weight excluding hydrogens is 216 g/mol. The van der Waals surface area contributed by atoms with Gasteiger partial charge in [0, 0.05) is 11.6 Å². The highest BCUT2D eigenvalue weighted by molar-refractivity contribution is 5.60. The van der Waals surface area contributed by atoms with Crippen LogP contribution in [0, 0.1) is 0 Å². The van der Waals surface area contributed by atoms with Crippen molar-refractivity contribution in [3.8, 4) is 11.5 Å². The smallest absolute Gasteiger partial charge is 0.142 e. The number of benzene rings is 1. The summed E-state index contributed by atoms with van der Waals surface area (Å²) in [5.74, 6) is 1.60. The predicted molar refractivity (Wildman–Crippen MR) is 70.9 cm³/mol. The molecule has 1 aromatic carbocycles. The lowest BCUT2D eigenvalue weighted by atomic mass is 10.00. The van der Waals surface area contributed by atoms with Crippen LogP contribution < -0.4 is 20.5 Å². The molecule has 4 heteroatoms. The van der Waals surface area contributed by atoms with Crippen molar-refractivity contribution in [1.29, 1.82) is 0 Å². The lowest BCUT2D eigenvalue weighted by molar-refractivity contribution is 0.402. The molecule has 0 bridgehead atoms. The molecule has 0 aliphatic rings. The molecule has 96 valence electrons. The van der Waals surface area contributed by atoms with Crippen molar-refractivity contribution >= 4 is 5.69 Å². The van der Waals surface area contributed by atoms with Crippen LogP contribution in [0.25, 0.3) is 0 Å². The summed E-state index contributed by atoms with van der Waals surface area (Å²) < 4.78 is 10.5. The molecule has 0 aliphatic carbocycles. The Bertz CT molecular complexity index is 364. The van der Waals surface area contributed by atoms with Crippen LogP contribution in [0.4, 0.5) is 5.69 Å². The van der Waals surface area contributed by atoms with Crippen LogP contribution >= 0.6 is 0 Å². The Morgan fingerprint density at radius 3 is 2.47 bits per heavy atom. The molecule has 0 aromatic heterocycles. The van der Waals surface area contributed by atoms with Crippen molar-refractivity contribution in [2.75, 3.05) is 26.1 Å². The van der Waals surface area contributed by atoms with Crippen LogP contribution in [-0.2, 0) is 0 Å². The molecule has 1 rings (SSSR count). The van der Waals surface area contributed by atoms with Gasteiger partial charge in [0.2, 0.25) is 0 Å². The fourth-order valence-corrected chi connectivity index (χ4v) is 1.70. The van der Waals surface area contributed by atoms with E-state index in [0.29, 0.717) is 6.54 Å². The maximum absolute atomic E-state index is 5.60. The minimum absolute atomic E-state index is 0.0750. The van der Waals surface area contributed by atoms with Crippen LogP contribution in [0.3, 0.4) is 0 Å². The van der Waals surface area contributed by atoms with Gasteiger partial charge in [-0.25, -0.2) is 0 Å². The lowest BCUT2D eigenvalue weighted by Gasteiger charge is -2.28. The van der Waals surface area contributed by atoms with E-state index in [1.165, 1.54) is 0 Å². The van der Waals surface area contributed by atoms with Gasteiger partial charge in [0.05, 0.1) is 19.9 Å². The Balaban J connectivity index is 2.94. The van der Waals surface area contributed by atoms with Gasteiger partial charge >= 0.3 is 0 Å². The molecule has 17 heavy (non-hydrogen) atoms. The minimum atomic E-state index is -0.0750. The van der Waals surface area contributed by atoms with Crippen molar-refractivity contribution in [2.45, 2.75) is 25.8 Å². The average Bonchev–Trinajstić information content (AvgIpc) is 2.28. The topological polar surface area (TPSA) is 56.5 Å². The fourth-order valence-electron chi connectivity index (χ4n) is 1.70. The second-order valence-electron chi connectivity index (χ2n) is 4.61. The summed E-state index contributed by atoms with van der Waals surface area (Å²) in [4.78, 5) is 0. The second kappa shape index (κ2) is 5.77. The molecule has 0 aliphatic heterocycles. The van der Waals surface area contributed by atoms with E-state index < -0.39 is 0 Å². The van der Waals surface area contributed by atoms with Gasteiger partial charge in [0.1, 0.15) is 11.5 Å². The lowest BCUT2D eigenvalue weighted by Crippen LogP contribution is -2.33. The van der Waals surface area contributed by atoms with Crippen LogP contribution in [0.5, 0.6) is 11.5 Å². The van der Waals surface area contributed by atoms with E-state index in [4.69, 9.17) is 15.2 Å². The van der Waals surface area contributed by atoms with Gasteiger partial charge in [0.25, 0.3) is 0 Å². The Hall–Kier alpha value is -1.42. The minimum Gasteiger partial charge on any atom is -0.497 e. The number of anilines is 1. The van der Waals surface area contributed by atoms with Crippen LogP contribution in [0.2, 0.25) is 0 Å². The molecule has 0 amide bonds. The number of rotatable bonds is 6.